The summed E-state index contributed by atoms with van der Waals surface area (Å²) in [6.07, 6.45) is 2.91. The Hall–Kier alpha value is -3.02. The molecular formula is C21H16Cl2N2O3. The minimum atomic E-state index is -0.543. The van der Waals surface area contributed by atoms with Crippen LogP contribution in [0.2, 0.25) is 10.0 Å². The summed E-state index contributed by atoms with van der Waals surface area (Å²) in [5, 5.41) is 5.92. The van der Waals surface area contributed by atoms with E-state index in [0.29, 0.717) is 16.5 Å². The molecule has 0 spiro atoms. The number of amides is 2. The van der Waals surface area contributed by atoms with Crippen molar-refractivity contribution in [3.05, 3.63) is 93.5 Å². The topological polar surface area (TPSA) is 71.3 Å². The molecule has 142 valence electrons. The van der Waals surface area contributed by atoms with Crippen LogP contribution in [-0.2, 0) is 4.79 Å². The summed E-state index contributed by atoms with van der Waals surface area (Å²) in [4.78, 5) is 25.4. The van der Waals surface area contributed by atoms with E-state index in [1.54, 1.807) is 30.3 Å². The van der Waals surface area contributed by atoms with E-state index in [1.165, 1.54) is 24.5 Å². The summed E-state index contributed by atoms with van der Waals surface area (Å²) in [7, 11) is 0. The fraction of sp³-hybridized carbons (Fsp3) is 0.0476. The van der Waals surface area contributed by atoms with Gasteiger partial charge in [-0.05, 0) is 49.4 Å². The molecule has 1 heterocycles. The third kappa shape index (κ3) is 5.03. The molecule has 0 aliphatic rings. The fourth-order valence-electron chi connectivity index (χ4n) is 2.37. The molecule has 7 heteroatoms. The first kappa shape index (κ1) is 19.7. The van der Waals surface area contributed by atoms with Crippen LogP contribution in [0.4, 0.5) is 5.69 Å². The van der Waals surface area contributed by atoms with Crippen LogP contribution in [0.3, 0.4) is 0 Å². The normalized spacial score (nSPS) is 11.2. The standard InChI is InChI=1S/C21H16Cl2N2O3/c1-13-4-7-15(8-5-13)24-21(27)19(12-16-3-2-10-28-16)25-20(26)17-9-6-14(22)11-18(17)23/h2-12H,1H3,(H,24,27)(H,25,26). The highest BCUT2D eigenvalue weighted by Gasteiger charge is 2.17. The highest BCUT2D eigenvalue weighted by Crippen LogP contribution is 2.21. The Bertz CT molecular complexity index is 1030. The van der Waals surface area contributed by atoms with Gasteiger partial charge in [0.2, 0.25) is 0 Å². The Labute approximate surface area is 172 Å². The van der Waals surface area contributed by atoms with Crippen LogP contribution in [0.25, 0.3) is 6.08 Å². The van der Waals surface area contributed by atoms with Gasteiger partial charge in [-0.3, -0.25) is 9.59 Å². The first-order valence-electron chi connectivity index (χ1n) is 8.32. The number of rotatable bonds is 5. The number of carbonyl (C=O) groups excluding carboxylic acids is 2. The second kappa shape index (κ2) is 8.78. The minimum Gasteiger partial charge on any atom is -0.465 e. The van der Waals surface area contributed by atoms with Gasteiger partial charge in [-0.2, -0.15) is 0 Å². The summed E-state index contributed by atoms with van der Waals surface area (Å²) >= 11 is 12.0. The molecule has 0 aliphatic carbocycles. The molecule has 0 saturated heterocycles. The molecule has 28 heavy (non-hydrogen) atoms. The maximum absolute atomic E-state index is 12.7. The largest absolute Gasteiger partial charge is 0.465 e. The van der Waals surface area contributed by atoms with Crippen molar-refractivity contribution < 1.29 is 14.0 Å². The van der Waals surface area contributed by atoms with Crippen molar-refractivity contribution in [2.45, 2.75) is 6.92 Å². The molecule has 2 N–H and O–H groups in total. The van der Waals surface area contributed by atoms with Crippen LogP contribution >= 0.6 is 23.2 Å². The number of anilines is 1. The lowest BCUT2D eigenvalue weighted by molar-refractivity contribution is -0.113. The zero-order valence-corrected chi connectivity index (χ0v) is 16.3. The van der Waals surface area contributed by atoms with Crippen LogP contribution in [0, 0.1) is 6.92 Å². The van der Waals surface area contributed by atoms with Crippen LogP contribution in [0.5, 0.6) is 0 Å². The summed E-state index contributed by atoms with van der Waals surface area (Å²) in [6.45, 7) is 1.95. The zero-order valence-electron chi connectivity index (χ0n) is 14.8. The summed E-state index contributed by atoms with van der Waals surface area (Å²) < 4.78 is 5.26. The van der Waals surface area contributed by atoms with E-state index in [9.17, 15) is 9.59 Å². The van der Waals surface area contributed by atoms with Gasteiger partial charge in [0.25, 0.3) is 11.8 Å². The number of furan rings is 1. The lowest BCUT2D eigenvalue weighted by atomic mass is 10.2. The number of hydrogen-bond donors (Lipinski definition) is 2. The van der Waals surface area contributed by atoms with E-state index in [2.05, 4.69) is 10.6 Å². The molecule has 0 atom stereocenters. The fourth-order valence-corrected chi connectivity index (χ4v) is 2.87. The van der Waals surface area contributed by atoms with Crippen molar-refractivity contribution in [1.82, 2.24) is 5.32 Å². The molecule has 3 aromatic rings. The van der Waals surface area contributed by atoms with Crippen molar-refractivity contribution in [2.75, 3.05) is 5.32 Å². The van der Waals surface area contributed by atoms with E-state index in [0.717, 1.165) is 5.56 Å². The molecule has 0 radical (unpaired) electrons. The number of carbonyl (C=O) groups is 2. The van der Waals surface area contributed by atoms with Crippen molar-refractivity contribution in [3.63, 3.8) is 0 Å². The molecular weight excluding hydrogens is 399 g/mol. The second-order valence-electron chi connectivity index (χ2n) is 5.97. The Morgan fingerprint density at radius 1 is 1.04 bits per heavy atom. The number of nitrogens with one attached hydrogen (secondary N) is 2. The average molecular weight is 415 g/mol. The van der Waals surface area contributed by atoms with Gasteiger partial charge >= 0.3 is 0 Å². The van der Waals surface area contributed by atoms with Gasteiger partial charge in [-0.25, -0.2) is 0 Å². The molecule has 0 fully saturated rings. The van der Waals surface area contributed by atoms with Gasteiger partial charge in [0.15, 0.2) is 0 Å². The smallest absolute Gasteiger partial charge is 0.272 e. The van der Waals surface area contributed by atoms with Gasteiger partial charge < -0.3 is 15.1 Å². The molecule has 3 rings (SSSR count). The number of halogens is 2. The van der Waals surface area contributed by atoms with E-state index in [1.807, 2.05) is 19.1 Å². The van der Waals surface area contributed by atoms with Crippen LogP contribution in [0.15, 0.2) is 71.0 Å². The highest BCUT2D eigenvalue weighted by molar-refractivity contribution is 6.36. The lowest BCUT2D eigenvalue weighted by Crippen LogP contribution is -2.30. The van der Waals surface area contributed by atoms with Crippen molar-refractivity contribution in [3.8, 4) is 0 Å². The Balaban J connectivity index is 1.85. The lowest BCUT2D eigenvalue weighted by Gasteiger charge is -2.12. The number of aryl methyl sites for hydroxylation is 1. The van der Waals surface area contributed by atoms with Gasteiger partial charge in [-0.15, -0.1) is 0 Å². The quantitative estimate of drug-likeness (QED) is 0.556. The second-order valence-corrected chi connectivity index (χ2v) is 6.82. The van der Waals surface area contributed by atoms with Crippen molar-refractivity contribution >= 4 is 46.8 Å². The Kier molecular flexibility index (Phi) is 6.19. The van der Waals surface area contributed by atoms with Gasteiger partial charge in [0.05, 0.1) is 16.8 Å². The summed E-state index contributed by atoms with van der Waals surface area (Å²) in [5.74, 6) is -0.631. The van der Waals surface area contributed by atoms with Crippen LogP contribution in [-0.4, -0.2) is 11.8 Å². The van der Waals surface area contributed by atoms with Gasteiger partial charge in [0.1, 0.15) is 11.5 Å². The molecule has 0 aliphatic heterocycles. The van der Waals surface area contributed by atoms with Gasteiger partial charge in [-0.1, -0.05) is 40.9 Å². The maximum Gasteiger partial charge on any atom is 0.272 e. The molecule has 0 unspecified atom stereocenters. The SMILES string of the molecule is Cc1ccc(NC(=O)C(=Cc2ccco2)NC(=O)c2ccc(Cl)cc2Cl)cc1. The first-order valence-corrected chi connectivity index (χ1v) is 9.07. The molecule has 2 amide bonds. The first-order chi connectivity index (χ1) is 13.4. The molecule has 1 aromatic heterocycles. The molecule has 0 bridgehead atoms. The monoisotopic (exact) mass is 414 g/mol. The van der Waals surface area contributed by atoms with E-state index in [-0.39, 0.29) is 16.3 Å². The molecule has 5 nitrogen and oxygen atoms in total. The van der Waals surface area contributed by atoms with Crippen LogP contribution in [0.1, 0.15) is 21.7 Å². The van der Waals surface area contributed by atoms with Gasteiger partial charge in [0, 0.05) is 16.8 Å². The van der Waals surface area contributed by atoms with E-state index >= 15 is 0 Å². The molecule has 0 saturated carbocycles. The minimum absolute atomic E-state index is 0.00606. The Morgan fingerprint density at radius 2 is 1.79 bits per heavy atom. The predicted molar refractivity (Wildman–Crippen MR) is 110 cm³/mol. The van der Waals surface area contributed by atoms with E-state index in [4.69, 9.17) is 27.6 Å². The number of hydrogen-bond acceptors (Lipinski definition) is 3. The maximum atomic E-state index is 12.7. The summed E-state index contributed by atoms with van der Waals surface area (Å²) in [6, 6.07) is 15.1. The van der Waals surface area contributed by atoms with Crippen molar-refractivity contribution in [2.24, 2.45) is 0 Å². The van der Waals surface area contributed by atoms with E-state index < -0.39 is 11.8 Å². The average Bonchev–Trinajstić information content (AvgIpc) is 3.16. The zero-order chi connectivity index (χ0) is 20.1. The molecule has 2 aromatic carbocycles. The van der Waals surface area contributed by atoms with Crippen molar-refractivity contribution in [1.29, 1.82) is 0 Å². The third-order valence-electron chi connectivity index (χ3n) is 3.81. The van der Waals surface area contributed by atoms with Crippen LogP contribution < -0.4 is 10.6 Å². The number of benzene rings is 2. The summed E-state index contributed by atoms with van der Waals surface area (Å²) in [5.41, 5.74) is 1.86. The highest BCUT2D eigenvalue weighted by atomic mass is 35.5. The third-order valence-corrected chi connectivity index (χ3v) is 4.36. The Morgan fingerprint density at radius 3 is 2.43 bits per heavy atom. The predicted octanol–water partition coefficient (Wildman–Crippen LogP) is 5.30.